The Balaban J connectivity index is 0.000000442. The van der Waals surface area contributed by atoms with Crippen LogP contribution < -0.4 is 32.7 Å². The van der Waals surface area contributed by atoms with Crippen LogP contribution in [0.2, 0.25) is 0 Å². The van der Waals surface area contributed by atoms with Crippen LogP contribution in [0.25, 0.3) is 0 Å². The van der Waals surface area contributed by atoms with Crippen LogP contribution in [0.1, 0.15) is 39.5 Å². The Hall–Kier alpha value is -2.33. The second-order valence-corrected chi connectivity index (χ2v) is 7.61. The summed E-state index contributed by atoms with van der Waals surface area (Å²) in [5.74, 6) is -0.526. The average Bonchev–Trinajstić information content (AvgIpc) is 2.97. The van der Waals surface area contributed by atoms with Crippen molar-refractivity contribution in [3.63, 3.8) is 0 Å². The first-order chi connectivity index (χ1) is 13.2. The molecule has 2 aliphatic heterocycles. The number of nitrogens with two attached hydrogens (primary N) is 2. The Morgan fingerprint density at radius 2 is 1.07 bits per heavy atom. The molecule has 15 heteroatoms. The summed E-state index contributed by atoms with van der Waals surface area (Å²) in [6, 6.07) is -0.834. The van der Waals surface area contributed by atoms with Gasteiger partial charge in [-0.25, -0.2) is 9.59 Å². The lowest BCUT2D eigenvalue weighted by atomic mass is 9.96. The number of nitrogens with one attached hydrogen (secondary N) is 4. The zero-order chi connectivity index (χ0) is 22.9. The van der Waals surface area contributed by atoms with E-state index in [1.807, 2.05) is 0 Å². The number of amides is 6. The van der Waals surface area contributed by atoms with Gasteiger partial charge in [0.25, 0.3) is 11.8 Å². The van der Waals surface area contributed by atoms with E-state index in [9.17, 15) is 19.2 Å². The van der Waals surface area contributed by atoms with Crippen molar-refractivity contribution in [3.05, 3.63) is 0 Å². The summed E-state index contributed by atoms with van der Waals surface area (Å²) in [5.41, 5.74) is 9.10. The maximum absolute atomic E-state index is 11.2. The van der Waals surface area contributed by atoms with Gasteiger partial charge in [0.05, 0.1) is 0 Å². The van der Waals surface area contributed by atoms with Gasteiger partial charge in [0.15, 0.2) is 0 Å². The summed E-state index contributed by atoms with van der Waals surface area (Å²) in [5, 5.41) is 9.49. The molecule has 6 amide bonds. The molecule has 14 nitrogen and oxygen atoms in total. The van der Waals surface area contributed by atoms with E-state index in [0.717, 1.165) is 12.8 Å². The SMILES string of the molecule is CC1(CCCN)NC(=O)NC1=O.CC1(CCCN)NC(=O)NC1=O.O=S(=O)(O)O. The normalized spacial score (nSPS) is 25.6. The van der Waals surface area contributed by atoms with Crippen molar-refractivity contribution in [3.8, 4) is 0 Å². The fourth-order valence-corrected chi connectivity index (χ4v) is 2.42. The van der Waals surface area contributed by atoms with Crippen LogP contribution in [0.3, 0.4) is 0 Å². The first-order valence-corrected chi connectivity index (χ1v) is 9.94. The van der Waals surface area contributed by atoms with Gasteiger partial charge >= 0.3 is 22.5 Å². The predicted molar refractivity (Wildman–Crippen MR) is 101 cm³/mol. The van der Waals surface area contributed by atoms with Crippen molar-refractivity contribution in [2.24, 2.45) is 11.5 Å². The molecule has 2 unspecified atom stereocenters. The zero-order valence-corrected chi connectivity index (χ0v) is 17.0. The lowest BCUT2D eigenvalue weighted by Crippen LogP contribution is -2.43. The van der Waals surface area contributed by atoms with Gasteiger partial charge in [-0.3, -0.25) is 29.3 Å². The Morgan fingerprint density at radius 3 is 1.24 bits per heavy atom. The molecule has 2 aliphatic rings. The van der Waals surface area contributed by atoms with Gasteiger partial charge in [-0.2, -0.15) is 8.42 Å². The lowest BCUT2D eigenvalue weighted by molar-refractivity contribution is -0.124. The molecular formula is C14H28N6O8S. The second kappa shape index (κ2) is 11.0. The number of imide groups is 2. The molecule has 2 atom stereocenters. The Bertz CT molecular complexity index is 676. The molecule has 0 aromatic rings. The van der Waals surface area contributed by atoms with Gasteiger partial charge in [-0.1, -0.05) is 0 Å². The summed E-state index contributed by atoms with van der Waals surface area (Å²) >= 11 is 0. The van der Waals surface area contributed by atoms with Crippen molar-refractivity contribution in [2.45, 2.75) is 50.6 Å². The maximum Gasteiger partial charge on any atom is 0.394 e. The van der Waals surface area contributed by atoms with Gasteiger partial charge in [0.1, 0.15) is 11.1 Å². The summed E-state index contributed by atoms with van der Waals surface area (Å²) in [7, 11) is -4.67. The van der Waals surface area contributed by atoms with Crippen LogP contribution in [0.15, 0.2) is 0 Å². The quantitative estimate of drug-likeness (QED) is 0.167. The fourth-order valence-electron chi connectivity index (χ4n) is 2.42. The second-order valence-electron chi connectivity index (χ2n) is 6.71. The first-order valence-electron chi connectivity index (χ1n) is 8.54. The van der Waals surface area contributed by atoms with Gasteiger partial charge in [0.2, 0.25) is 0 Å². The monoisotopic (exact) mass is 440 g/mol. The Labute approximate surface area is 168 Å². The minimum Gasteiger partial charge on any atom is -0.330 e. The molecule has 2 saturated heterocycles. The summed E-state index contributed by atoms with van der Waals surface area (Å²) < 4.78 is 31.6. The van der Waals surface area contributed by atoms with Crippen LogP contribution in [0, 0.1) is 0 Å². The standard InChI is InChI=1S/2C7H13N3O2.H2O4S/c2*1-7(3-2-4-8)5(11)9-6(12)10-7;1-5(2,3)4/h2*2-4,8H2,1H3,(H2,9,10,11,12);(H2,1,2,3,4). The molecule has 2 fully saturated rings. The largest absolute Gasteiger partial charge is 0.394 e. The minimum absolute atomic E-state index is 0.263. The van der Waals surface area contributed by atoms with Gasteiger partial charge < -0.3 is 22.1 Å². The predicted octanol–water partition coefficient (Wildman–Crippen LogP) is -2.01. The third kappa shape index (κ3) is 10.1. The average molecular weight is 440 g/mol. The third-order valence-electron chi connectivity index (χ3n) is 4.00. The third-order valence-corrected chi connectivity index (χ3v) is 4.00. The van der Waals surface area contributed by atoms with Crippen molar-refractivity contribution in [1.82, 2.24) is 21.3 Å². The summed E-state index contributed by atoms with van der Waals surface area (Å²) in [6.07, 6.45) is 2.62. The molecule has 0 saturated carbocycles. The van der Waals surface area contributed by atoms with Crippen LogP contribution in [-0.4, -0.2) is 65.6 Å². The van der Waals surface area contributed by atoms with E-state index >= 15 is 0 Å². The van der Waals surface area contributed by atoms with Gasteiger partial charge in [-0.05, 0) is 52.6 Å². The van der Waals surface area contributed by atoms with E-state index in [1.165, 1.54) is 0 Å². The van der Waals surface area contributed by atoms with E-state index in [2.05, 4.69) is 21.3 Å². The highest BCUT2D eigenvalue weighted by molar-refractivity contribution is 7.79. The van der Waals surface area contributed by atoms with E-state index < -0.39 is 33.5 Å². The maximum atomic E-state index is 11.2. The number of rotatable bonds is 6. The van der Waals surface area contributed by atoms with Gasteiger partial charge in [0, 0.05) is 0 Å². The molecule has 0 spiro atoms. The van der Waals surface area contributed by atoms with Crippen LogP contribution >= 0.6 is 0 Å². The van der Waals surface area contributed by atoms with E-state index in [-0.39, 0.29) is 11.8 Å². The highest BCUT2D eigenvalue weighted by atomic mass is 32.3. The summed E-state index contributed by atoms with van der Waals surface area (Å²) in [6.45, 7) is 4.45. The van der Waals surface area contributed by atoms with Gasteiger partial charge in [-0.15, -0.1) is 0 Å². The van der Waals surface area contributed by atoms with Crippen molar-refractivity contribution >= 4 is 34.3 Å². The molecule has 10 N–H and O–H groups in total. The van der Waals surface area contributed by atoms with E-state index in [1.54, 1.807) is 13.8 Å². The molecule has 168 valence electrons. The number of hydrogen-bond acceptors (Lipinski definition) is 8. The number of carbonyl (C=O) groups excluding carboxylic acids is 4. The fraction of sp³-hybridized carbons (Fsp3) is 0.714. The Kier molecular flexibility index (Phi) is 10.1. The van der Waals surface area contributed by atoms with Crippen LogP contribution in [0.5, 0.6) is 0 Å². The first kappa shape index (κ1) is 26.7. The molecule has 29 heavy (non-hydrogen) atoms. The summed E-state index contributed by atoms with van der Waals surface area (Å²) in [4.78, 5) is 43.9. The van der Waals surface area contributed by atoms with E-state index in [4.69, 9.17) is 29.0 Å². The van der Waals surface area contributed by atoms with Crippen molar-refractivity contribution in [2.75, 3.05) is 13.1 Å². The molecule has 0 bridgehead atoms. The minimum atomic E-state index is -4.67. The number of urea groups is 2. The molecule has 0 aliphatic carbocycles. The lowest BCUT2D eigenvalue weighted by Gasteiger charge is -2.19. The molecular weight excluding hydrogens is 412 g/mol. The number of hydrogen-bond donors (Lipinski definition) is 8. The smallest absolute Gasteiger partial charge is 0.330 e. The zero-order valence-electron chi connectivity index (χ0n) is 16.1. The van der Waals surface area contributed by atoms with Crippen molar-refractivity contribution < 1.29 is 36.7 Å². The molecule has 0 aromatic carbocycles. The molecule has 2 heterocycles. The highest BCUT2D eigenvalue weighted by Gasteiger charge is 2.41. The molecule has 2 rings (SSSR count). The molecule has 0 radical (unpaired) electrons. The highest BCUT2D eigenvalue weighted by Crippen LogP contribution is 2.16. The van der Waals surface area contributed by atoms with Crippen molar-refractivity contribution in [1.29, 1.82) is 0 Å². The van der Waals surface area contributed by atoms with Crippen LogP contribution in [-0.2, 0) is 20.0 Å². The number of carbonyl (C=O) groups is 4. The Morgan fingerprint density at radius 1 is 0.793 bits per heavy atom. The van der Waals surface area contributed by atoms with Crippen LogP contribution in [0.4, 0.5) is 9.59 Å². The molecule has 0 aromatic heterocycles. The topological polar surface area (TPSA) is 243 Å². The van der Waals surface area contributed by atoms with E-state index in [0.29, 0.717) is 25.9 Å².